The van der Waals surface area contributed by atoms with Crippen LogP contribution in [0.25, 0.3) is 22.3 Å². The monoisotopic (exact) mass is 269 g/mol. The minimum Gasteiger partial charge on any atom is -0.464 e. The fraction of sp³-hybridized carbons (Fsp3) is 0.188. The summed E-state index contributed by atoms with van der Waals surface area (Å²) in [7, 11) is 0. The lowest BCUT2D eigenvalue weighted by atomic mass is 10.1. The molecular weight excluding hydrogens is 254 g/mol. The number of nitrogens with one attached hydrogen (secondary N) is 1. The normalized spacial score (nSPS) is 10.8. The van der Waals surface area contributed by atoms with E-state index in [9.17, 15) is 4.79 Å². The molecule has 0 atom stereocenters. The van der Waals surface area contributed by atoms with Crippen LogP contribution in [-0.4, -0.2) is 12.5 Å². The molecule has 0 aliphatic carbocycles. The second-order valence-corrected chi connectivity index (χ2v) is 4.68. The molecule has 1 aromatic carbocycles. The molecule has 0 aliphatic heterocycles. The van der Waals surface area contributed by atoms with Gasteiger partial charge in [0.1, 0.15) is 11.3 Å². The van der Waals surface area contributed by atoms with Crippen molar-refractivity contribution < 1.29 is 13.6 Å². The number of amides is 1. The summed E-state index contributed by atoms with van der Waals surface area (Å²) in [6, 6.07) is 9.77. The van der Waals surface area contributed by atoms with Gasteiger partial charge < -0.3 is 14.2 Å². The van der Waals surface area contributed by atoms with Crippen LogP contribution < -0.4 is 5.32 Å². The Kier molecular flexibility index (Phi) is 3.29. The van der Waals surface area contributed by atoms with Crippen molar-refractivity contribution in [3.05, 3.63) is 48.4 Å². The molecule has 0 spiro atoms. The van der Waals surface area contributed by atoms with Gasteiger partial charge in [-0.05, 0) is 42.3 Å². The van der Waals surface area contributed by atoms with Crippen molar-refractivity contribution in [1.82, 2.24) is 5.32 Å². The fourth-order valence-corrected chi connectivity index (χ4v) is 2.24. The van der Waals surface area contributed by atoms with E-state index >= 15 is 0 Å². The van der Waals surface area contributed by atoms with Crippen molar-refractivity contribution in [3.63, 3.8) is 0 Å². The first-order valence-corrected chi connectivity index (χ1v) is 6.52. The topological polar surface area (TPSA) is 55.4 Å². The van der Waals surface area contributed by atoms with Crippen LogP contribution in [0.15, 0.2) is 51.7 Å². The molecule has 3 rings (SSSR count). The molecule has 2 heterocycles. The van der Waals surface area contributed by atoms with Gasteiger partial charge in [-0.25, -0.2) is 0 Å². The van der Waals surface area contributed by atoms with E-state index in [1.807, 2.05) is 24.3 Å². The van der Waals surface area contributed by atoms with Crippen molar-refractivity contribution in [1.29, 1.82) is 0 Å². The Morgan fingerprint density at radius 2 is 2.15 bits per heavy atom. The Balaban J connectivity index is 1.89. The summed E-state index contributed by atoms with van der Waals surface area (Å²) in [5.74, 6) is 0.815. The van der Waals surface area contributed by atoms with Crippen LogP contribution in [-0.2, 0) is 11.2 Å². The van der Waals surface area contributed by atoms with Gasteiger partial charge in [0.05, 0.1) is 12.5 Å². The number of hydrogen-bond acceptors (Lipinski definition) is 3. The van der Waals surface area contributed by atoms with Crippen LogP contribution in [0.1, 0.15) is 12.5 Å². The zero-order chi connectivity index (χ0) is 13.9. The van der Waals surface area contributed by atoms with E-state index in [4.69, 9.17) is 8.83 Å². The van der Waals surface area contributed by atoms with E-state index in [0.717, 1.165) is 34.3 Å². The molecule has 4 heteroatoms. The summed E-state index contributed by atoms with van der Waals surface area (Å²) >= 11 is 0. The number of fused-ring (bicyclic) bond motifs is 1. The van der Waals surface area contributed by atoms with Gasteiger partial charge in [-0.3, -0.25) is 4.79 Å². The van der Waals surface area contributed by atoms with Crippen LogP contribution >= 0.6 is 0 Å². The van der Waals surface area contributed by atoms with E-state index in [-0.39, 0.29) is 5.91 Å². The maximum atomic E-state index is 10.9. The first-order valence-electron chi connectivity index (χ1n) is 6.52. The molecule has 1 N–H and O–H groups in total. The number of carbonyl (C=O) groups excluding carboxylic acids is 1. The third-order valence-electron chi connectivity index (χ3n) is 3.23. The van der Waals surface area contributed by atoms with Gasteiger partial charge in [0, 0.05) is 24.4 Å². The molecule has 102 valence electrons. The van der Waals surface area contributed by atoms with Crippen molar-refractivity contribution in [3.8, 4) is 11.3 Å². The Morgan fingerprint density at radius 3 is 2.90 bits per heavy atom. The zero-order valence-corrected chi connectivity index (χ0v) is 11.2. The Bertz CT molecular complexity index is 725. The first kappa shape index (κ1) is 12.5. The van der Waals surface area contributed by atoms with Crippen LogP contribution in [0.4, 0.5) is 0 Å². The molecular formula is C16H15NO3. The largest absolute Gasteiger partial charge is 0.464 e. The summed E-state index contributed by atoms with van der Waals surface area (Å²) in [5.41, 5.74) is 2.95. The summed E-state index contributed by atoms with van der Waals surface area (Å²) in [5, 5.41) is 3.85. The first-order chi connectivity index (χ1) is 9.74. The average molecular weight is 269 g/mol. The van der Waals surface area contributed by atoms with Gasteiger partial charge in [0.15, 0.2) is 0 Å². The van der Waals surface area contributed by atoms with Gasteiger partial charge in [0.2, 0.25) is 5.91 Å². The molecule has 0 saturated carbocycles. The van der Waals surface area contributed by atoms with Crippen LogP contribution in [0, 0.1) is 0 Å². The number of benzene rings is 1. The quantitative estimate of drug-likeness (QED) is 0.790. The Morgan fingerprint density at radius 1 is 1.25 bits per heavy atom. The molecule has 0 fully saturated rings. The predicted octanol–water partition coefficient (Wildman–Crippen LogP) is 3.37. The van der Waals surface area contributed by atoms with E-state index in [1.165, 1.54) is 6.92 Å². The van der Waals surface area contributed by atoms with Gasteiger partial charge in [0.25, 0.3) is 0 Å². The summed E-state index contributed by atoms with van der Waals surface area (Å²) < 4.78 is 10.9. The predicted molar refractivity (Wildman–Crippen MR) is 76.3 cm³/mol. The van der Waals surface area contributed by atoms with E-state index in [0.29, 0.717) is 6.54 Å². The standard InChI is InChI=1S/C16H15NO3/c1-11(18)17-7-6-13-10-20-16-5-4-12(9-14(13)16)15-3-2-8-19-15/h2-5,8-10H,6-7H2,1H3,(H,17,18). The highest BCUT2D eigenvalue weighted by Gasteiger charge is 2.09. The van der Waals surface area contributed by atoms with Crippen LogP contribution in [0.3, 0.4) is 0 Å². The molecule has 2 aromatic heterocycles. The molecule has 0 aliphatic rings. The summed E-state index contributed by atoms with van der Waals surface area (Å²) in [4.78, 5) is 10.9. The minimum atomic E-state index is -0.0194. The molecule has 0 bridgehead atoms. The molecule has 20 heavy (non-hydrogen) atoms. The molecule has 0 saturated heterocycles. The molecule has 0 unspecified atom stereocenters. The van der Waals surface area contributed by atoms with Crippen molar-refractivity contribution in [2.24, 2.45) is 0 Å². The fourth-order valence-electron chi connectivity index (χ4n) is 2.24. The van der Waals surface area contributed by atoms with Crippen molar-refractivity contribution >= 4 is 16.9 Å². The molecule has 3 aromatic rings. The van der Waals surface area contributed by atoms with Gasteiger partial charge in [-0.1, -0.05) is 0 Å². The van der Waals surface area contributed by atoms with Gasteiger partial charge in [-0.2, -0.15) is 0 Å². The molecule has 4 nitrogen and oxygen atoms in total. The highest BCUT2D eigenvalue weighted by Crippen LogP contribution is 2.28. The number of rotatable bonds is 4. The Hall–Kier alpha value is -2.49. The Labute approximate surface area is 116 Å². The lowest BCUT2D eigenvalue weighted by Crippen LogP contribution is -2.22. The van der Waals surface area contributed by atoms with Crippen molar-refractivity contribution in [2.75, 3.05) is 6.54 Å². The second kappa shape index (κ2) is 5.25. The number of hydrogen-bond donors (Lipinski definition) is 1. The average Bonchev–Trinajstić information content (AvgIpc) is 3.07. The minimum absolute atomic E-state index is 0.0194. The highest BCUT2D eigenvalue weighted by atomic mass is 16.3. The number of furan rings is 2. The lowest BCUT2D eigenvalue weighted by Gasteiger charge is -2.01. The maximum Gasteiger partial charge on any atom is 0.216 e. The van der Waals surface area contributed by atoms with E-state index < -0.39 is 0 Å². The van der Waals surface area contributed by atoms with Crippen molar-refractivity contribution in [2.45, 2.75) is 13.3 Å². The third-order valence-corrected chi connectivity index (χ3v) is 3.23. The van der Waals surface area contributed by atoms with Gasteiger partial charge in [-0.15, -0.1) is 0 Å². The maximum absolute atomic E-state index is 10.9. The SMILES string of the molecule is CC(=O)NCCc1coc2ccc(-c3ccco3)cc12. The van der Waals surface area contributed by atoms with Crippen LogP contribution in [0.5, 0.6) is 0 Å². The molecule has 1 amide bonds. The van der Waals surface area contributed by atoms with Crippen LogP contribution in [0.2, 0.25) is 0 Å². The summed E-state index contributed by atoms with van der Waals surface area (Å²) in [6.07, 6.45) is 4.15. The zero-order valence-electron chi connectivity index (χ0n) is 11.2. The third kappa shape index (κ3) is 2.45. The second-order valence-electron chi connectivity index (χ2n) is 4.68. The van der Waals surface area contributed by atoms with E-state index in [2.05, 4.69) is 11.4 Å². The van der Waals surface area contributed by atoms with Gasteiger partial charge >= 0.3 is 0 Å². The lowest BCUT2D eigenvalue weighted by molar-refractivity contribution is -0.118. The smallest absolute Gasteiger partial charge is 0.216 e. The number of carbonyl (C=O) groups is 1. The molecule has 0 radical (unpaired) electrons. The summed E-state index contributed by atoms with van der Waals surface area (Å²) in [6.45, 7) is 2.12. The highest BCUT2D eigenvalue weighted by molar-refractivity contribution is 5.85. The van der Waals surface area contributed by atoms with E-state index in [1.54, 1.807) is 12.5 Å².